The predicted octanol–water partition coefficient (Wildman–Crippen LogP) is 3.08. The molecule has 0 aliphatic heterocycles. The number of allylic oxidation sites excluding steroid dienone is 3. The highest BCUT2D eigenvalue weighted by Gasteiger charge is 2.07. The molecular weight excluding hydrogens is 256 g/mol. The number of hydrogen-bond donors (Lipinski definition) is 2. The van der Waals surface area contributed by atoms with E-state index in [0.29, 0.717) is 5.56 Å². The number of thiocarbonyl (C=S) groups is 1. The molecule has 1 aromatic rings. The highest BCUT2D eigenvalue weighted by molar-refractivity contribution is 7.80. The third-order valence-electron chi connectivity index (χ3n) is 2.46. The van der Waals surface area contributed by atoms with Gasteiger partial charge in [-0.1, -0.05) is 29.8 Å². The molecule has 1 amide bonds. The molecule has 0 atom stereocenters. The van der Waals surface area contributed by atoms with Crippen molar-refractivity contribution < 1.29 is 4.79 Å². The molecule has 0 aromatic heterocycles. The summed E-state index contributed by atoms with van der Waals surface area (Å²) in [7, 11) is 0. The topological polar surface area (TPSA) is 41.1 Å². The summed E-state index contributed by atoms with van der Waals surface area (Å²) in [6, 6.07) is 7.33. The molecule has 1 aromatic carbocycles. The van der Waals surface area contributed by atoms with Gasteiger partial charge in [-0.2, -0.15) is 0 Å². The fraction of sp³-hybridized carbons (Fsp3) is 0.200. The first-order chi connectivity index (χ1) is 9.06. The van der Waals surface area contributed by atoms with E-state index in [1.165, 1.54) is 0 Å². The molecule has 0 aliphatic carbocycles. The molecule has 0 bridgehead atoms. The van der Waals surface area contributed by atoms with Crippen LogP contribution in [0.3, 0.4) is 0 Å². The minimum atomic E-state index is -0.214. The molecule has 0 aliphatic rings. The highest BCUT2D eigenvalue weighted by Crippen LogP contribution is 2.02. The Kier molecular flexibility index (Phi) is 5.96. The maximum absolute atomic E-state index is 11.9. The summed E-state index contributed by atoms with van der Waals surface area (Å²) < 4.78 is 0. The summed E-state index contributed by atoms with van der Waals surface area (Å²) in [6.07, 6.45) is 5.65. The Morgan fingerprint density at radius 2 is 1.79 bits per heavy atom. The molecule has 0 radical (unpaired) electrons. The van der Waals surface area contributed by atoms with Crippen molar-refractivity contribution in [3.63, 3.8) is 0 Å². The maximum atomic E-state index is 11.9. The number of rotatable bonds is 3. The maximum Gasteiger partial charge on any atom is 0.257 e. The first-order valence-corrected chi connectivity index (χ1v) is 6.45. The molecule has 3 nitrogen and oxygen atoms in total. The Labute approximate surface area is 119 Å². The van der Waals surface area contributed by atoms with Crippen LogP contribution in [0.1, 0.15) is 29.8 Å². The number of benzene rings is 1. The molecule has 0 heterocycles. The minimum absolute atomic E-state index is 0.214. The largest absolute Gasteiger partial charge is 0.333 e. The fourth-order valence-corrected chi connectivity index (χ4v) is 1.64. The lowest BCUT2D eigenvalue weighted by atomic mass is 10.1. The Bertz CT molecular complexity index is 515. The summed E-state index contributed by atoms with van der Waals surface area (Å²) in [5, 5.41) is 5.89. The van der Waals surface area contributed by atoms with Crippen LogP contribution < -0.4 is 10.6 Å². The van der Waals surface area contributed by atoms with Gasteiger partial charge in [0.15, 0.2) is 5.11 Å². The smallest absolute Gasteiger partial charge is 0.257 e. The zero-order valence-corrected chi connectivity index (χ0v) is 12.2. The normalized spacial score (nSPS) is 11.4. The van der Waals surface area contributed by atoms with Gasteiger partial charge in [-0.15, -0.1) is 0 Å². The van der Waals surface area contributed by atoms with Crippen molar-refractivity contribution in [3.05, 3.63) is 59.3 Å². The van der Waals surface area contributed by atoms with E-state index in [4.69, 9.17) is 12.2 Å². The Morgan fingerprint density at radius 3 is 2.32 bits per heavy atom. The first-order valence-electron chi connectivity index (χ1n) is 6.04. The van der Waals surface area contributed by atoms with Crippen LogP contribution in [-0.4, -0.2) is 11.0 Å². The van der Waals surface area contributed by atoms with Crippen molar-refractivity contribution in [1.82, 2.24) is 10.6 Å². The van der Waals surface area contributed by atoms with Crippen LogP contribution in [0.2, 0.25) is 0 Å². The standard InChI is InChI=1S/C15H18N2OS/c1-4-6-13(5-2)16-15(19)17-14(18)12-9-7-11(3)8-10-12/h4-10H,1-3H3,(H2,16,17,18,19)/b6-4-,13-5+. The molecular formula is C15H18N2OS. The lowest BCUT2D eigenvalue weighted by Gasteiger charge is -2.10. The number of amides is 1. The second-order valence-corrected chi connectivity index (χ2v) is 4.43. The van der Waals surface area contributed by atoms with Crippen LogP contribution >= 0.6 is 12.2 Å². The molecule has 0 spiro atoms. The molecule has 100 valence electrons. The van der Waals surface area contributed by atoms with Gasteiger partial charge in [-0.25, -0.2) is 0 Å². The quantitative estimate of drug-likeness (QED) is 0.657. The molecule has 0 unspecified atom stereocenters. The SMILES string of the molecule is C/C=C\C(=C/C)NC(=S)NC(=O)c1ccc(C)cc1. The number of hydrogen-bond acceptors (Lipinski definition) is 2. The van der Waals surface area contributed by atoms with Gasteiger partial charge >= 0.3 is 0 Å². The zero-order valence-electron chi connectivity index (χ0n) is 11.4. The van der Waals surface area contributed by atoms with Gasteiger partial charge in [0.25, 0.3) is 5.91 Å². The van der Waals surface area contributed by atoms with E-state index in [0.717, 1.165) is 11.3 Å². The average molecular weight is 274 g/mol. The van der Waals surface area contributed by atoms with Gasteiger partial charge in [-0.3, -0.25) is 10.1 Å². The van der Waals surface area contributed by atoms with E-state index in [1.807, 2.05) is 51.1 Å². The van der Waals surface area contributed by atoms with Gasteiger partial charge in [0.05, 0.1) is 0 Å². The van der Waals surface area contributed by atoms with Crippen molar-refractivity contribution in [1.29, 1.82) is 0 Å². The highest BCUT2D eigenvalue weighted by atomic mass is 32.1. The van der Waals surface area contributed by atoms with E-state index >= 15 is 0 Å². The Hall–Kier alpha value is -1.94. The molecule has 1 rings (SSSR count). The molecule has 19 heavy (non-hydrogen) atoms. The summed E-state index contributed by atoms with van der Waals surface area (Å²) in [4.78, 5) is 11.9. The summed E-state index contributed by atoms with van der Waals surface area (Å²) in [5.74, 6) is -0.214. The summed E-state index contributed by atoms with van der Waals surface area (Å²) >= 11 is 5.09. The second-order valence-electron chi connectivity index (χ2n) is 4.02. The average Bonchev–Trinajstić information content (AvgIpc) is 2.38. The number of carbonyl (C=O) groups excluding carboxylic acids is 1. The van der Waals surface area contributed by atoms with Gasteiger partial charge in [0, 0.05) is 11.3 Å². The minimum Gasteiger partial charge on any atom is -0.333 e. The number of carbonyl (C=O) groups is 1. The van der Waals surface area contributed by atoms with Crippen LogP contribution in [0.25, 0.3) is 0 Å². The molecule has 0 saturated carbocycles. The van der Waals surface area contributed by atoms with Crippen molar-refractivity contribution in [2.75, 3.05) is 0 Å². The first kappa shape index (κ1) is 15.1. The van der Waals surface area contributed by atoms with E-state index in [1.54, 1.807) is 12.1 Å². The Morgan fingerprint density at radius 1 is 1.16 bits per heavy atom. The second kappa shape index (κ2) is 7.48. The zero-order chi connectivity index (χ0) is 14.3. The lowest BCUT2D eigenvalue weighted by Crippen LogP contribution is -2.38. The van der Waals surface area contributed by atoms with Crippen molar-refractivity contribution in [3.8, 4) is 0 Å². The fourth-order valence-electron chi connectivity index (χ4n) is 1.43. The van der Waals surface area contributed by atoms with Crippen LogP contribution in [0, 0.1) is 6.92 Å². The summed E-state index contributed by atoms with van der Waals surface area (Å²) in [5.41, 5.74) is 2.54. The van der Waals surface area contributed by atoms with E-state index in [2.05, 4.69) is 10.6 Å². The van der Waals surface area contributed by atoms with Gasteiger partial charge in [0.2, 0.25) is 0 Å². The van der Waals surface area contributed by atoms with Gasteiger partial charge < -0.3 is 5.32 Å². The van der Waals surface area contributed by atoms with Crippen molar-refractivity contribution >= 4 is 23.2 Å². The number of nitrogens with one attached hydrogen (secondary N) is 2. The van der Waals surface area contributed by atoms with Crippen molar-refractivity contribution in [2.45, 2.75) is 20.8 Å². The van der Waals surface area contributed by atoms with E-state index < -0.39 is 0 Å². The van der Waals surface area contributed by atoms with Crippen LogP contribution in [-0.2, 0) is 0 Å². The summed E-state index contributed by atoms with van der Waals surface area (Å²) in [6.45, 7) is 5.79. The Balaban J connectivity index is 2.62. The van der Waals surface area contributed by atoms with Gasteiger partial charge in [-0.05, 0) is 51.2 Å². The van der Waals surface area contributed by atoms with Gasteiger partial charge in [0.1, 0.15) is 0 Å². The monoisotopic (exact) mass is 274 g/mol. The van der Waals surface area contributed by atoms with Crippen molar-refractivity contribution in [2.24, 2.45) is 0 Å². The third-order valence-corrected chi connectivity index (χ3v) is 2.66. The van der Waals surface area contributed by atoms with E-state index in [-0.39, 0.29) is 11.0 Å². The van der Waals surface area contributed by atoms with E-state index in [9.17, 15) is 4.79 Å². The van der Waals surface area contributed by atoms with Crippen LogP contribution in [0.4, 0.5) is 0 Å². The molecule has 4 heteroatoms. The molecule has 0 saturated heterocycles. The van der Waals surface area contributed by atoms with Crippen LogP contribution in [0.15, 0.2) is 48.2 Å². The molecule has 0 fully saturated rings. The van der Waals surface area contributed by atoms with Crippen LogP contribution in [0.5, 0.6) is 0 Å². The molecule has 2 N–H and O–H groups in total. The number of aryl methyl sites for hydroxylation is 1. The predicted molar refractivity (Wildman–Crippen MR) is 82.9 cm³/mol. The lowest BCUT2D eigenvalue weighted by molar-refractivity contribution is 0.0977. The third kappa shape index (κ3) is 5.06.